The number of carbonyl (C=O) groups excluding carboxylic acids is 1. The molecule has 0 fully saturated rings. The highest BCUT2D eigenvalue weighted by atomic mass is 16.3. The molecule has 3 heterocycles. The van der Waals surface area contributed by atoms with Crippen LogP contribution in [0, 0.1) is 6.92 Å². The molecule has 0 aliphatic carbocycles. The molecule has 0 radical (unpaired) electrons. The number of carbonyl (C=O) groups is 1. The molecule has 3 aromatic rings. The summed E-state index contributed by atoms with van der Waals surface area (Å²) >= 11 is 0. The number of hydrogen-bond acceptors (Lipinski definition) is 6. The average molecular weight is 363 g/mol. The maximum Gasteiger partial charge on any atom is 0.212 e. The van der Waals surface area contributed by atoms with Crippen molar-refractivity contribution in [2.75, 3.05) is 5.32 Å². The van der Waals surface area contributed by atoms with Crippen molar-refractivity contribution in [1.82, 2.24) is 15.0 Å². The number of nitrogens with two attached hydrogens (primary N) is 1. The molecular weight excluding hydrogens is 342 g/mol. The van der Waals surface area contributed by atoms with Gasteiger partial charge in [-0.3, -0.25) is 9.78 Å². The second kappa shape index (κ2) is 7.92. The third kappa shape index (κ3) is 3.78. The lowest BCUT2D eigenvalue weighted by atomic mass is 10.0. The van der Waals surface area contributed by atoms with E-state index < -0.39 is 6.10 Å². The fourth-order valence-corrected chi connectivity index (χ4v) is 2.91. The molecule has 0 bridgehead atoms. The molecule has 7 nitrogen and oxygen atoms in total. The van der Waals surface area contributed by atoms with Gasteiger partial charge >= 0.3 is 0 Å². The Kier molecular flexibility index (Phi) is 5.42. The molecule has 0 spiro atoms. The lowest BCUT2D eigenvalue weighted by molar-refractivity contribution is -0.105. The average Bonchev–Trinajstić information content (AvgIpc) is 2.68. The predicted molar refractivity (Wildman–Crippen MR) is 106 cm³/mol. The van der Waals surface area contributed by atoms with Crippen molar-refractivity contribution in [3.05, 3.63) is 53.7 Å². The number of anilines is 1. The van der Waals surface area contributed by atoms with Gasteiger partial charge in [0.2, 0.25) is 6.41 Å². The van der Waals surface area contributed by atoms with Gasteiger partial charge in [0.1, 0.15) is 5.82 Å². The van der Waals surface area contributed by atoms with E-state index in [1.54, 1.807) is 24.5 Å². The number of nitrogens with zero attached hydrogens (tertiary/aromatic N) is 3. The van der Waals surface area contributed by atoms with Gasteiger partial charge < -0.3 is 16.2 Å². The fourth-order valence-electron chi connectivity index (χ4n) is 2.91. The van der Waals surface area contributed by atoms with Crippen LogP contribution in [0.25, 0.3) is 28.1 Å². The summed E-state index contributed by atoms with van der Waals surface area (Å²) in [5.41, 5.74) is 9.46. The Labute approximate surface area is 157 Å². The maximum atomic E-state index is 10.7. The molecule has 3 rings (SSSR count). The Morgan fingerprint density at radius 3 is 2.74 bits per heavy atom. The van der Waals surface area contributed by atoms with E-state index in [4.69, 9.17) is 10.7 Å². The fraction of sp³-hybridized carbons (Fsp3) is 0.200. The standard InChI is InChI=1S/C20H21N5O2/c1-3-19(27)18-6-12(2)15(10-22-18)17-7-13-9-23-20(24-11-26)8-14(13)16(25-17)4-5-21/h4-11,19,27H,3,21H2,1-2H3,(H,23,24,26)/b5-4-. The lowest BCUT2D eigenvalue weighted by Crippen LogP contribution is -2.01. The first kappa shape index (κ1) is 18.5. The van der Waals surface area contributed by atoms with E-state index in [9.17, 15) is 9.90 Å². The second-order valence-corrected chi connectivity index (χ2v) is 6.15. The van der Waals surface area contributed by atoms with E-state index in [0.29, 0.717) is 30.0 Å². The van der Waals surface area contributed by atoms with Crippen LogP contribution in [0.3, 0.4) is 0 Å². The van der Waals surface area contributed by atoms with Crippen LogP contribution in [0.4, 0.5) is 5.82 Å². The van der Waals surface area contributed by atoms with E-state index in [-0.39, 0.29) is 0 Å². The van der Waals surface area contributed by atoms with Gasteiger partial charge in [0.25, 0.3) is 0 Å². The van der Waals surface area contributed by atoms with Crippen LogP contribution in [0.2, 0.25) is 0 Å². The van der Waals surface area contributed by atoms with Gasteiger partial charge in [-0.1, -0.05) is 6.92 Å². The van der Waals surface area contributed by atoms with Crippen molar-refractivity contribution >= 4 is 29.1 Å². The van der Waals surface area contributed by atoms with Crippen molar-refractivity contribution in [3.8, 4) is 11.3 Å². The van der Waals surface area contributed by atoms with E-state index in [0.717, 1.165) is 27.6 Å². The number of aliphatic hydroxyl groups is 1. The summed E-state index contributed by atoms with van der Waals surface area (Å²) in [4.78, 5) is 24.0. The van der Waals surface area contributed by atoms with Crippen LogP contribution in [0.15, 0.2) is 36.8 Å². The molecule has 7 heteroatoms. The Bertz CT molecular complexity index is 1020. The van der Waals surface area contributed by atoms with Crippen LogP contribution in [0.5, 0.6) is 0 Å². The number of nitrogens with one attached hydrogen (secondary N) is 1. The molecule has 1 atom stereocenters. The van der Waals surface area contributed by atoms with E-state index >= 15 is 0 Å². The SMILES string of the molecule is CCC(O)c1cc(C)c(-c2cc3cnc(NC=O)cc3c(/C=C\N)n2)cn1. The summed E-state index contributed by atoms with van der Waals surface area (Å²) in [5, 5.41) is 14.2. The smallest absolute Gasteiger partial charge is 0.212 e. The van der Waals surface area contributed by atoms with Crippen molar-refractivity contribution in [1.29, 1.82) is 0 Å². The molecule has 4 N–H and O–H groups in total. The Morgan fingerprint density at radius 1 is 1.26 bits per heavy atom. The van der Waals surface area contributed by atoms with Gasteiger partial charge in [-0.25, -0.2) is 9.97 Å². The quantitative estimate of drug-likeness (QED) is 0.580. The predicted octanol–water partition coefficient (Wildman–Crippen LogP) is 2.94. The summed E-state index contributed by atoms with van der Waals surface area (Å²) in [6, 6.07) is 5.55. The molecule has 0 aromatic carbocycles. The zero-order chi connectivity index (χ0) is 19.4. The highest BCUT2D eigenvalue weighted by Gasteiger charge is 2.13. The zero-order valence-electron chi connectivity index (χ0n) is 15.2. The molecule has 0 saturated heterocycles. The van der Waals surface area contributed by atoms with Crippen molar-refractivity contribution in [3.63, 3.8) is 0 Å². The monoisotopic (exact) mass is 363 g/mol. The third-order valence-electron chi connectivity index (χ3n) is 4.34. The summed E-state index contributed by atoms with van der Waals surface area (Å²) in [6.07, 6.45) is 7.14. The molecule has 0 aliphatic rings. The molecule has 1 amide bonds. The first-order valence-electron chi connectivity index (χ1n) is 8.61. The molecule has 0 aliphatic heterocycles. The highest BCUT2D eigenvalue weighted by molar-refractivity contribution is 5.93. The van der Waals surface area contributed by atoms with E-state index in [1.807, 2.05) is 26.0 Å². The minimum absolute atomic E-state index is 0.439. The van der Waals surface area contributed by atoms with Crippen molar-refractivity contribution in [2.24, 2.45) is 5.73 Å². The van der Waals surface area contributed by atoms with Gasteiger partial charge in [-0.2, -0.15) is 0 Å². The molecule has 138 valence electrons. The number of aliphatic hydroxyl groups excluding tert-OH is 1. The van der Waals surface area contributed by atoms with Gasteiger partial charge in [-0.15, -0.1) is 0 Å². The largest absolute Gasteiger partial charge is 0.405 e. The number of aryl methyl sites for hydroxylation is 1. The second-order valence-electron chi connectivity index (χ2n) is 6.15. The molecule has 3 aromatic heterocycles. The number of aromatic nitrogens is 3. The Morgan fingerprint density at radius 2 is 2.07 bits per heavy atom. The zero-order valence-corrected chi connectivity index (χ0v) is 15.2. The van der Waals surface area contributed by atoms with Gasteiger partial charge in [0.05, 0.1) is 23.2 Å². The van der Waals surface area contributed by atoms with Crippen molar-refractivity contribution in [2.45, 2.75) is 26.4 Å². The first-order chi connectivity index (χ1) is 13.1. The van der Waals surface area contributed by atoms with Crippen LogP contribution in [-0.2, 0) is 4.79 Å². The van der Waals surface area contributed by atoms with Crippen LogP contribution in [0.1, 0.15) is 36.4 Å². The number of amides is 1. The maximum absolute atomic E-state index is 10.7. The topological polar surface area (TPSA) is 114 Å². The minimum Gasteiger partial charge on any atom is -0.405 e. The van der Waals surface area contributed by atoms with E-state index in [1.165, 1.54) is 6.20 Å². The van der Waals surface area contributed by atoms with Crippen LogP contribution >= 0.6 is 0 Å². The molecular formula is C20H21N5O2. The molecule has 1 unspecified atom stereocenters. The Hall–Kier alpha value is -3.32. The number of hydrogen-bond donors (Lipinski definition) is 3. The minimum atomic E-state index is -0.578. The summed E-state index contributed by atoms with van der Waals surface area (Å²) in [6.45, 7) is 3.87. The van der Waals surface area contributed by atoms with Crippen LogP contribution in [-0.4, -0.2) is 26.5 Å². The lowest BCUT2D eigenvalue weighted by Gasteiger charge is -2.13. The van der Waals surface area contributed by atoms with E-state index in [2.05, 4.69) is 15.3 Å². The normalized spacial score (nSPS) is 12.4. The van der Waals surface area contributed by atoms with Gasteiger partial charge in [-0.05, 0) is 49.4 Å². The Balaban J connectivity index is 2.15. The molecule has 0 saturated carbocycles. The van der Waals surface area contributed by atoms with Crippen LogP contribution < -0.4 is 11.1 Å². The van der Waals surface area contributed by atoms with Gasteiger partial charge in [0.15, 0.2) is 0 Å². The third-order valence-corrected chi connectivity index (χ3v) is 4.34. The number of pyridine rings is 3. The summed E-state index contributed by atoms with van der Waals surface area (Å²) in [7, 11) is 0. The van der Waals surface area contributed by atoms with Gasteiger partial charge in [0, 0.05) is 28.7 Å². The highest BCUT2D eigenvalue weighted by Crippen LogP contribution is 2.29. The first-order valence-corrected chi connectivity index (χ1v) is 8.61. The summed E-state index contributed by atoms with van der Waals surface area (Å²) in [5.74, 6) is 0.439. The summed E-state index contributed by atoms with van der Waals surface area (Å²) < 4.78 is 0. The van der Waals surface area contributed by atoms with Crippen molar-refractivity contribution < 1.29 is 9.90 Å². The number of rotatable bonds is 6. The molecule has 27 heavy (non-hydrogen) atoms. The number of fused-ring (bicyclic) bond motifs is 1.